The van der Waals surface area contributed by atoms with Crippen molar-refractivity contribution in [1.29, 1.82) is 0 Å². The molecule has 2 amide bonds. The molecule has 1 atom stereocenters. The quantitative estimate of drug-likeness (QED) is 0.863. The zero-order valence-corrected chi connectivity index (χ0v) is 10.8. The minimum Gasteiger partial charge on any atom is -0.353 e. The number of rotatable bonds is 2. The van der Waals surface area contributed by atoms with E-state index < -0.39 is 0 Å². The van der Waals surface area contributed by atoms with E-state index in [1.807, 2.05) is 17.2 Å². The lowest BCUT2D eigenvalue weighted by atomic mass is 10.0. The summed E-state index contributed by atoms with van der Waals surface area (Å²) in [5.41, 5.74) is 2.10. The fourth-order valence-electron chi connectivity index (χ4n) is 2.84. The van der Waals surface area contributed by atoms with E-state index >= 15 is 0 Å². The van der Waals surface area contributed by atoms with Crippen molar-refractivity contribution in [2.24, 2.45) is 0 Å². The molecule has 5 heteroatoms. The normalized spacial score (nSPS) is 22.0. The number of hydrogen-bond donors (Lipinski definition) is 1. The molecule has 3 rings (SSSR count). The molecule has 0 spiro atoms. The molecule has 0 aliphatic carbocycles. The fraction of sp³-hybridized carbons (Fsp3) is 0.500. The Labute approximate surface area is 112 Å². The Morgan fingerprint density at radius 1 is 1.47 bits per heavy atom. The number of nitrogens with zero attached hydrogens (tertiary/aromatic N) is 2. The van der Waals surface area contributed by atoms with Gasteiger partial charge in [-0.05, 0) is 30.9 Å². The number of hydrogen-bond acceptors (Lipinski definition) is 3. The smallest absolute Gasteiger partial charge is 0.229 e. The maximum Gasteiger partial charge on any atom is 0.229 e. The van der Waals surface area contributed by atoms with E-state index in [4.69, 9.17) is 0 Å². The number of aromatic nitrogens is 1. The third-order valence-electron chi connectivity index (χ3n) is 3.82. The van der Waals surface area contributed by atoms with E-state index in [0.29, 0.717) is 12.8 Å². The summed E-state index contributed by atoms with van der Waals surface area (Å²) in [6.45, 7) is 0.723. The standard InChI is InChI=1S/C14H17N3O2/c18-13-3-1-2-11(16-13)8-14(19)17-7-5-10-9-15-6-4-12(10)17/h4,6,9,11H,1-3,5,7-8H2,(H,16,18). The van der Waals surface area contributed by atoms with Crippen LogP contribution in [0.2, 0.25) is 0 Å². The van der Waals surface area contributed by atoms with Crippen LogP contribution < -0.4 is 10.2 Å². The fourth-order valence-corrected chi connectivity index (χ4v) is 2.84. The molecule has 1 saturated heterocycles. The highest BCUT2D eigenvalue weighted by Gasteiger charge is 2.28. The Bertz CT molecular complexity index is 515. The van der Waals surface area contributed by atoms with Crippen LogP contribution in [0.25, 0.3) is 0 Å². The van der Waals surface area contributed by atoms with Gasteiger partial charge in [0, 0.05) is 43.5 Å². The SMILES string of the molecule is O=C1CCCC(CC(=O)N2CCc3cnccc32)N1. The van der Waals surface area contributed by atoms with Gasteiger partial charge in [0.05, 0.1) is 0 Å². The molecule has 0 saturated carbocycles. The first-order valence-electron chi connectivity index (χ1n) is 6.76. The molecule has 1 N–H and O–H groups in total. The third kappa shape index (κ3) is 2.45. The Hall–Kier alpha value is -1.91. The van der Waals surface area contributed by atoms with Gasteiger partial charge in [-0.3, -0.25) is 14.6 Å². The molecule has 1 aromatic heterocycles. The molecule has 0 aromatic carbocycles. The molecule has 2 aliphatic rings. The first-order chi connectivity index (χ1) is 9.24. The van der Waals surface area contributed by atoms with Crippen LogP contribution in [0, 0.1) is 0 Å². The summed E-state index contributed by atoms with van der Waals surface area (Å²) in [5.74, 6) is 0.159. The largest absolute Gasteiger partial charge is 0.353 e. The van der Waals surface area contributed by atoms with Gasteiger partial charge in [0.2, 0.25) is 11.8 Å². The molecule has 2 aliphatic heterocycles. The average Bonchev–Trinajstić information content (AvgIpc) is 2.82. The highest BCUT2D eigenvalue weighted by Crippen LogP contribution is 2.27. The summed E-state index contributed by atoms with van der Waals surface area (Å²) in [5, 5.41) is 2.90. The van der Waals surface area contributed by atoms with Crippen molar-refractivity contribution < 1.29 is 9.59 Å². The summed E-state index contributed by atoms with van der Waals surface area (Å²) in [4.78, 5) is 29.6. The molecular formula is C14H17N3O2. The van der Waals surface area contributed by atoms with Gasteiger partial charge in [-0.2, -0.15) is 0 Å². The van der Waals surface area contributed by atoms with Crippen LogP contribution in [-0.4, -0.2) is 29.4 Å². The maximum atomic E-state index is 12.3. The van der Waals surface area contributed by atoms with E-state index in [-0.39, 0.29) is 17.9 Å². The summed E-state index contributed by atoms with van der Waals surface area (Å²) < 4.78 is 0. The van der Waals surface area contributed by atoms with Crippen molar-refractivity contribution in [2.75, 3.05) is 11.4 Å². The minimum absolute atomic E-state index is 0.000336. The van der Waals surface area contributed by atoms with Gasteiger partial charge in [-0.25, -0.2) is 0 Å². The molecule has 0 radical (unpaired) electrons. The van der Waals surface area contributed by atoms with Crippen molar-refractivity contribution in [3.05, 3.63) is 24.0 Å². The second-order valence-electron chi connectivity index (χ2n) is 5.16. The van der Waals surface area contributed by atoms with Gasteiger partial charge in [-0.15, -0.1) is 0 Å². The lowest BCUT2D eigenvalue weighted by Gasteiger charge is -2.25. The van der Waals surface area contributed by atoms with Gasteiger partial charge in [0.1, 0.15) is 0 Å². The highest BCUT2D eigenvalue weighted by molar-refractivity contribution is 5.96. The number of carbonyl (C=O) groups is 2. The van der Waals surface area contributed by atoms with Gasteiger partial charge in [0.15, 0.2) is 0 Å². The number of nitrogens with one attached hydrogen (secondary N) is 1. The summed E-state index contributed by atoms with van der Waals surface area (Å²) in [6, 6.07) is 1.89. The first kappa shape index (κ1) is 12.1. The van der Waals surface area contributed by atoms with Crippen molar-refractivity contribution in [3.8, 4) is 0 Å². The van der Waals surface area contributed by atoms with Crippen LogP contribution in [0.3, 0.4) is 0 Å². The Morgan fingerprint density at radius 3 is 3.21 bits per heavy atom. The van der Waals surface area contributed by atoms with E-state index in [1.54, 1.807) is 6.20 Å². The van der Waals surface area contributed by atoms with Crippen LogP contribution >= 0.6 is 0 Å². The number of piperidine rings is 1. The van der Waals surface area contributed by atoms with Crippen molar-refractivity contribution in [3.63, 3.8) is 0 Å². The number of anilines is 1. The Kier molecular flexibility index (Phi) is 3.19. The zero-order valence-electron chi connectivity index (χ0n) is 10.8. The first-order valence-corrected chi connectivity index (χ1v) is 6.76. The molecule has 1 aromatic rings. The molecule has 5 nitrogen and oxygen atoms in total. The number of carbonyl (C=O) groups excluding carboxylic acids is 2. The molecule has 1 unspecified atom stereocenters. The molecule has 3 heterocycles. The zero-order chi connectivity index (χ0) is 13.2. The van der Waals surface area contributed by atoms with E-state index in [9.17, 15) is 9.59 Å². The monoisotopic (exact) mass is 259 g/mol. The van der Waals surface area contributed by atoms with Crippen LogP contribution in [0.15, 0.2) is 18.5 Å². The van der Waals surface area contributed by atoms with Crippen LogP contribution in [-0.2, 0) is 16.0 Å². The van der Waals surface area contributed by atoms with Gasteiger partial charge in [0.25, 0.3) is 0 Å². The van der Waals surface area contributed by atoms with Crippen LogP contribution in [0.5, 0.6) is 0 Å². The lowest BCUT2D eigenvalue weighted by molar-refractivity contribution is -0.124. The van der Waals surface area contributed by atoms with Crippen molar-refractivity contribution >= 4 is 17.5 Å². The molecule has 19 heavy (non-hydrogen) atoms. The van der Waals surface area contributed by atoms with Crippen molar-refractivity contribution in [1.82, 2.24) is 10.3 Å². The van der Waals surface area contributed by atoms with Gasteiger partial charge in [-0.1, -0.05) is 0 Å². The molecule has 100 valence electrons. The lowest BCUT2D eigenvalue weighted by Crippen LogP contribution is -2.42. The summed E-state index contributed by atoms with van der Waals surface area (Å²) in [7, 11) is 0. The predicted octanol–water partition coefficient (Wildman–Crippen LogP) is 1.03. The summed E-state index contributed by atoms with van der Waals surface area (Å²) in [6.07, 6.45) is 7.17. The topological polar surface area (TPSA) is 62.3 Å². The second kappa shape index (κ2) is 4.99. The molecule has 0 bridgehead atoms. The third-order valence-corrected chi connectivity index (χ3v) is 3.82. The van der Waals surface area contributed by atoms with Crippen molar-refractivity contribution in [2.45, 2.75) is 38.1 Å². The van der Waals surface area contributed by atoms with Gasteiger partial charge < -0.3 is 10.2 Å². The van der Waals surface area contributed by atoms with Gasteiger partial charge >= 0.3 is 0 Å². The van der Waals surface area contributed by atoms with E-state index in [2.05, 4.69) is 10.3 Å². The minimum atomic E-state index is -0.000336. The number of amides is 2. The highest BCUT2D eigenvalue weighted by atomic mass is 16.2. The molecule has 1 fully saturated rings. The van der Waals surface area contributed by atoms with E-state index in [0.717, 1.165) is 37.1 Å². The Balaban J connectivity index is 1.67. The number of fused-ring (bicyclic) bond motifs is 1. The summed E-state index contributed by atoms with van der Waals surface area (Å²) >= 11 is 0. The second-order valence-corrected chi connectivity index (χ2v) is 5.16. The molecular weight excluding hydrogens is 242 g/mol. The predicted molar refractivity (Wildman–Crippen MR) is 70.7 cm³/mol. The van der Waals surface area contributed by atoms with E-state index in [1.165, 1.54) is 0 Å². The maximum absolute atomic E-state index is 12.3. The average molecular weight is 259 g/mol. The van der Waals surface area contributed by atoms with Crippen LogP contribution in [0.1, 0.15) is 31.2 Å². The van der Waals surface area contributed by atoms with Crippen LogP contribution in [0.4, 0.5) is 5.69 Å². The Morgan fingerprint density at radius 2 is 2.37 bits per heavy atom. The number of pyridine rings is 1.